The first-order valence-corrected chi connectivity index (χ1v) is 6.79. The molecule has 0 radical (unpaired) electrons. The number of halogens is 1. The summed E-state index contributed by atoms with van der Waals surface area (Å²) >= 11 is 3.32. The van der Waals surface area contributed by atoms with E-state index in [0.29, 0.717) is 0 Å². The molecular formula is C15H16BrNO. The molecule has 0 aliphatic rings. The van der Waals surface area contributed by atoms with Crippen LogP contribution in [-0.4, -0.2) is 5.11 Å². The van der Waals surface area contributed by atoms with Gasteiger partial charge in [0.15, 0.2) is 0 Å². The molecule has 18 heavy (non-hydrogen) atoms. The molecule has 0 saturated heterocycles. The fourth-order valence-electron chi connectivity index (χ4n) is 1.86. The molecule has 0 aromatic heterocycles. The molecule has 2 aromatic rings. The number of aryl methyl sites for hydroxylation is 1. The summed E-state index contributed by atoms with van der Waals surface area (Å²) in [5.74, 6) is 0.271. The number of phenolic OH excluding ortho intramolecular Hbond substituents is 1. The highest BCUT2D eigenvalue weighted by Gasteiger charge is 2.01. The minimum Gasteiger partial charge on any atom is -0.507 e. The first kappa shape index (κ1) is 13.0. The van der Waals surface area contributed by atoms with E-state index in [1.807, 2.05) is 18.2 Å². The number of hydrogen-bond acceptors (Lipinski definition) is 2. The van der Waals surface area contributed by atoms with Gasteiger partial charge in [-0.1, -0.05) is 31.2 Å². The van der Waals surface area contributed by atoms with Gasteiger partial charge in [-0.25, -0.2) is 0 Å². The summed E-state index contributed by atoms with van der Waals surface area (Å²) in [4.78, 5) is 0. The zero-order valence-electron chi connectivity index (χ0n) is 10.3. The number of hydrogen-bond donors (Lipinski definition) is 2. The number of para-hydroxylation sites is 1. The van der Waals surface area contributed by atoms with Crippen LogP contribution in [0.3, 0.4) is 0 Å². The molecule has 0 bridgehead atoms. The summed E-state index contributed by atoms with van der Waals surface area (Å²) in [7, 11) is 0. The fraction of sp³-hybridized carbons (Fsp3) is 0.200. The van der Waals surface area contributed by atoms with Gasteiger partial charge in [-0.3, -0.25) is 0 Å². The lowest BCUT2D eigenvalue weighted by atomic mass is 10.1. The van der Waals surface area contributed by atoms with Crippen molar-refractivity contribution in [3.63, 3.8) is 0 Å². The predicted octanol–water partition coefficient (Wildman–Crippen LogP) is 4.33. The highest BCUT2D eigenvalue weighted by Crippen LogP contribution is 2.25. The Morgan fingerprint density at radius 1 is 1.17 bits per heavy atom. The van der Waals surface area contributed by atoms with Crippen molar-refractivity contribution >= 4 is 21.6 Å². The number of rotatable bonds is 4. The Morgan fingerprint density at radius 3 is 2.67 bits per heavy atom. The highest BCUT2D eigenvalue weighted by atomic mass is 79.9. The topological polar surface area (TPSA) is 32.3 Å². The van der Waals surface area contributed by atoms with Crippen molar-refractivity contribution in [1.82, 2.24) is 0 Å². The first-order valence-electron chi connectivity index (χ1n) is 6.00. The van der Waals surface area contributed by atoms with E-state index in [9.17, 15) is 5.11 Å². The van der Waals surface area contributed by atoms with Crippen LogP contribution in [0, 0.1) is 0 Å². The number of anilines is 1. The third-order valence-corrected chi connectivity index (χ3v) is 3.53. The second-order valence-corrected chi connectivity index (χ2v) is 5.00. The molecule has 2 nitrogen and oxygen atoms in total. The number of phenols is 1. The van der Waals surface area contributed by atoms with E-state index in [2.05, 4.69) is 46.4 Å². The number of nitrogens with one attached hydrogen (secondary N) is 1. The molecule has 94 valence electrons. The van der Waals surface area contributed by atoms with E-state index in [1.165, 1.54) is 11.3 Å². The van der Waals surface area contributed by atoms with Crippen LogP contribution in [0.5, 0.6) is 5.75 Å². The summed E-state index contributed by atoms with van der Waals surface area (Å²) < 4.78 is 0.727. The summed E-state index contributed by atoms with van der Waals surface area (Å²) in [6, 6.07) is 13.9. The number of benzene rings is 2. The molecular weight excluding hydrogens is 290 g/mol. The van der Waals surface area contributed by atoms with Crippen LogP contribution in [0.2, 0.25) is 0 Å². The Balaban J connectivity index is 2.09. The van der Waals surface area contributed by atoms with Crippen molar-refractivity contribution in [3.8, 4) is 5.75 Å². The van der Waals surface area contributed by atoms with Crippen molar-refractivity contribution in [2.75, 3.05) is 5.32 Å². The molecule has 0 spiro atoms. The van der Waals surface area contributed by atoms with Crippen molar-refractivity contribution in [3.05, 3.63) is 58.1 Å². The minimum absolute atomic E-state index is 0.271. The van der Waals surface area contributed by atoms with Crippen molar-refractivity contribution in [2.45, 2.75) is 19.9 Å². The largest absolute Gasteiger partial charge is 0.507 e. The molecule has 2 N–H and O–H groups in total. The van der Waals surface area contributed by atoms with Gasteiger partial charge in [-0.2, -0.15) is 0 Å². The Kier molecular flexibility index (Phi) is 4.26. The average molecular weight is 306 g/mol. The summed E-state index contributed by atoms with van der Waals surface area (Å²) in [5.41, 5.74) is 3.62. The highest BCUT2D eigenvalue weighted by molar-refractivity contribution is 9.10. The van der Waals surface area contributed by atoms with E-state index < -0.39 is 0 Å². The van der Waals surface area contributed by atoms with Gasteiger partial charge in [0.1, 0.15) is 5.75 Å². The van der Waals surface area contributed by atoms with Crippen molar-refractivity contribution in [2.24, 2.45) is 0 Å². The van der Waals surface area contributed by atoms with Gasteiger partial charge in [-0.05, 0) is 51.7 Å². The predicted molar refractivity (Wildman–Crippen MR) is 79.0 cm³/mol. The maximum absolute atomic E-state index is 9.44. The molecule has 0 aliphatic heterocycles. The summed E-state index contributed by atoms with van der Waals surface area (Å²) in [5, 5.41) is 12.9. The Bertz CT molecular complexity index is 540. The monoisotopic (exact) mass is 305 g/mol. The zero-order chi connectivity index (χ0) is 13.0. The molecule has 0 heterocycles. The van der Waals surface area contributed by atoms with Crippen LogP contribution in [-0.2, 0) is 13.0 Å². The Hall–Kier alpha value is -1.48. The van der Waals surface area contributed by atoms with Gasteiger partial charge in [0.25, 0.3) is 0 Å². The van der Waals surface area contributed by atoms with Crippen LogP contribution in [0.25, 0.3) is 0 Å². The van der Waals surface area contributed by atoms with E-state index in [-0.39, 0.29) is 5.75 Å². The standard InChI is InChI=1S/C15H16BrNO/c1-2-12-5-3-4-6-14(12)17-10-11-7-8-15(18)13(16)9-11/h3-9,17-18H,2,10H2,1H3. The molecule has 0 saturated carbocycles. The summed E-state index contributed by atoms with van der Waals surface area (Å²) in [6.45, 7) is 2.90. The Labute approximate surface area is 116 Å². The SMILES string of the molecule is CCc1ccccc1NCc1ccc(O)c(Br)c1. The van der Waals surface area contributed by atoms with Crippen LogP contribution >= 0.6 is 15.9 Å². The van der Waals surface area contributed by atoms with Gasteiger partial charge in [-0.15, -0.1) is 0 Å². The van der Waals surface area contributed by atoms with Gasteiger partial charge < -0.3 is 10.4 Å². The second kappa shape index (κ2) is 5.91. The van der Waals surface area contributed by atoms with E-state index >= 15 is 0 Å². The normalized spacial score (nSPS) is 10.3. The maximum Gasteiger partial charge on any atom is 0.129 e. The molecule has 0 aliphatic carbocycles. The molecule has 2 aromatic carbocycles. The molecule has 3 heteroatoms. The third-order valence-electron chi connectivity index (χ3n) is 2.89. The molecule has 0 amide bonds. The minimum atomic E-state index is 0.271. The zero-order valence-corrected chi connectivity index (χ0v) is 11.9. The number of aromatic hydroxyl groups is 1. The Morgan fingerprint density at radius 2 is 1.94 bits per heavy atom. The van der Waals surface area contributed by atoms with Crippen molar-refractivity contribution < 1.29 is 5.11 Å². The lowest BCUT2D eigenvalue weighted by Gasteiger charge is -2.11. The first-order chi connectivity index (χ1) is 8.70. The smallest absolute Gasteiger partial charge is 0.129 e. The molecule has 0 atom stereocenters. The van der Waals surface area contributed by atoms with E-state index in [0.717, 1.165) is 23.0 Å². The van der Waals surface area contributed by atoms with Crippen LogP contribution in [0.4, 0.5) is 5.69 Å². The average Bonchev–Trinajstić information content (AvgIpc) is 2.40. The van der Waals surface area contributed by atoms with E-state index in [4.69, 9.17) is 0 Å². The van der Waals surface area contributed by atoms with Gasteiger partial charge in [0, 0.05) is 12.2 Å². The summed E-state index contributed by atoms with van der Waals surface area (Å²) in [6.07, 6.45) is 1.02. The lowest BCUT2D eigenvalue weighted by molar-refractivity contribution is 0.471. The van der Waals surface area contributed by atoms with Crippen LogP contribution in [0.15, 0.2) is 46.9 Å². The van der Waals surface area contributed by atoms with Gasteiger partial charge >= 0.3 is 0 Å². The lowest BCUT2D eigenvalue weighted by Crippen LogP contribution is -2.01. The van der Waals surface area contributed by atoms with Crippen LogP contribution < -0.4 is 5.32 Å². The third kappa shape index (κ3) is 3.05. The second-order valence-electron chi connectivity index (χ2n) is 4.15. The molecule has 0 fully saturated rings. The van der Waals surface area contributed by atoms with Crippen molar-refractivity contribution in [1.29, 1.82) is 0 Å². The van der Waals surface area contributed by atoms with E-state index in [1.54, 1.807) is 6.07 Å². The van der Waals surface area contributed by atoms with Gasteiger partial charge in [0.2, 0.25) is 0 Å². The van der Waals surface area contributed by atoms with Crippen LogP contribution in [0.1, 0.15) is 18.1 Å². The quantitative estimate of drug-likeness (QED) is 0.881. The van der Waals surface area contributed by atoms with Gasteiger partial charge in [0.05, 0.1) is 4.47 Å². The fourth-order valence-corrected chi connectivity index (χ4v) is 2.28. The molecule has 0 unspecified atom stereocenters. The maximum atomic E-state index is 9.44. The molecule has 2 rings (SSSR count).